The van der Waals surface area contributed by atoms with Gasteiger partial charge >= 0.3 is 0 Å². The van der Waals surface area contributed by atoms with Gasteiger partial charge in [-0.05, 0) is 30.5 Å². The van der Waals surface area contributed by atoms with Gasteiger partial charge in [0.05, 0.1) is 11.1 Å². The molecule has 0 bridgehead atoms. The fourth-order valence-electron chi connectivity index (χ4n) is 1.62. The molecule has 4 nitrogen and oxygen atoms in total. The Hall–Kier alpha value is -2.18. The van der Waals surface area contributed by atoms with Crippen molar-refractivity contribution in [3.63, 3.8) is 0 Å². The van der Waals surface area contributed by atoms with Crippen LogP contribution in [0.15, 0.2) is 17.1 Å². The molecule has 0 unspecified atom stereocenters. The van der Waals surface area contributed by atoms with E-state index in [1.807, 2.05) is 0 Å². The van der Waals surface area contributed by atoms with Crippen molar-refractivity contribution in [3.05, 3.63) is 29.1 Å². The number of nitrogens with zero attached hydrogens (tertiary/aromatic N) is 2. The number of halogens is 1. The average Bonchev–Trinajstić information content (AvgIpc) is 3.03. The van der Waals surface area contributed by atoms with Gasteiger partial charge in [0.2, 0.25) is 6.08 Å². The molecule has 1 saturated carbocycles. The smallest absolute Gasteiger partial charge is 0.235 e. The van der Waals surface area contributed by atoms with Gasteiger partial charge in [0.25, 0.3) is 0 Å². The summed E-state index contributed by atoms with van der Waals surface area (Å²) in [6.45, 7) is 0. The monoisotopic (exact) mass is 218 g/mol. The first kappa shape index (κ1) is 10.3. The van der Waals surface area contributed by atoms with Crippen molar-refractivity contribution in [2.24, 2.45) is 4.99 Å². The summed E-state index contributed by atoms with van der Waals surface area (Å²) >= 11 is 0. The quantitative estimate of drug-likeness (QED) is 0.606. The number of nitriles is 1. The Balaban J connectivity index is 2.56. The van der Waals surface area contributed by atoms with Gasteiger partial charge < -0.3 is 5.11 Å². The topological polar surface area (TPSA) is 73.5 Å². The summed E-state index contributed by atoms with van der Waals surface area (Å²) in [5.74, 6) is -1.54. The van der Waals surface area contributed by atoms with Crippen LogP contribution in [0.5, 0.6) is 5.75 Å². The molecular weight excluding hydrogens is 211 g/mol. The third-order valence-electron chi connectivity index (χ3n) is 2.70. The zero-order valence-corrected chi connectivity index (χ0v) is 8.20. The van der Waals surface area contributed by atoms with Crippen LogP contribution in [0.2, 0.25) is 0 Å². The van der Waals surface area contributed by atoms with E-state index in [4.69, 9.17) is 5.26 Å². The SMILES string of the molecule is N#Cc1cc(C2(N=C=O)CC2)cc(F)c1O. The van der Waals surface area contributed by atoms with Gasteiger partial charge in [0.15, 0.2) is 11.6 Å². The number of hydrogen-bond acceptors (Lipinski definition) is 4. The van der Waals surface area contributed by atoms with Crippen LogP contribution in [0.1, 0.15) is 24.0 Å². The number of aliphatic imine (C=N–C) groups is 1. The molecule has 0 heterocycles. The molecule has 1 aliphatic carbocycles. The number of hydrogen-bond donors (Lipinski definition) is 1. The van der Waals surface area contributed by atoms with Gasteiger partial charge in [-0.25, -0.2) is 9.18 Å². The maximum atomic E-state index is 13.3. The van der Waals surface area contributed by atoms with E-state index in [9.17, 15) is 14.3 Å². The molecule has 1 aliphatic rings. The Morgan fingerprint density at radius 3 is 2.69 bits per heavy atom. The molecule has 0 saturated heterocycles. The lowest BCUT2D eigenvalue weighted by Gasteiger charge is -2.09. The van der Waals surface area contributed by atoms with Gasteiger partial charge in [-0.15, -0.1) is 0 Å². The lowest BCUT2D eigenvalue weighted by molar-refractivity contribution is 0.429. The Kier molecular flexibility index (Phi) is 2.22. The lowest BCUT2D eigenvalue weighted by Crippen LogP contribution is -2.03. The molecule has 16 heavy (non-hydrogen) atoms. The summed E-state index contributed by atoms with van der Waals surface area (Å²) in [7, 11) is 0. The van der Waals surface area contributed by atoms with Crippen LogP contribution in [0.25, 0.3) is 0 Å². The Morgan fingerprint density at radius 1 is 1.50 bits per heavy atom. The van der Waals surface area contributed by atoms with Crippen molar-refractivity contribution in [3.8, 4) is 11.8 Å². The predicted molar refractivity (Wildman–Crippen MR) is 51.8 cm³/mol. The first-order valence-corrected chi connectivity index (χ1v) is 4.65. The number of aromatic hydroxyl groups is 1. The standard InChI is InChI=1S/C11H7FN2O2/c12-9-4-8(3-7(5-13)10(9)16)11(1-2-11)14-6-15/h3-4,16H,1-2H2. The molecule has 1 aromatic rings. The van der Waals surface area contributed by atoms with Crippen molar-refractivity contribution >= 4 is 6.08 Å². The minimum atomic E-state index is -0.874. The Bertz CT molecular complexity index is 538. The normalized spacial score (nSPS) is 16.0. The zero-order valence-electron chi connectivity index (χ0n) is 8.20. The molecule has 0 atom stereocenters. The highest BCUT2D eigenvalue weighted by molar-refractivity contribution is 5.50. The van der Waals surface area contributed by atoms with Gasteiger partial charge in [0, 0.05) is 0 Å². The molecule has 0 aliphatic heterocycles. The number of rotatable bonds is 2. The molecule has 1 aromatic carbocycles. The van der Waals surface area contributed by atoms with Crippen LogP contribution in [-0.2, 0) is 10.3 Å². The highest BCUT2D eigenvalue weighted by Gasteiger charge is 2.45. The van der Waals surface area contributed by atoms with Crippen LogP contribution in [-0.4, -0.2) is 11.2 Å². The maximum Gasteiger partial charge on any atom is 0.235 e. The van der Waals surface area contributed by atoms with Gasteiger partial charge in [-0.3, -0.25) is 0 Å². The summed E-state index contributed by atoms with van der Waals surface area (Å²) in [6, 6.07) is 4.14. The van der Waals surface area contributed by atoms with Crippen LogP contribution < -0.4 is 0 Å². The second-order valence-electron chi connectivity index (χ2n) is 3.70. The highest BCUT2D eigenvalue weighted by Crippen LogP contribution is 2.50. The van der Waals surface area contributed by atoms with E-state index in [1.54, 1.807) is 6.07 Å². The molecule has 0 aromatic heterocycles. The summed E-state index contributed by atoms with van der Waals surface area (Å²) < 4.78 is 13.3. The number of benzene rings is 1. The van der Waals surface area contributed by atoms with Crippen molar-refractivity contribution in [2.45, 2.75) is 18.4 Å². The molecule has 0 spiro atoms. The van der Waals surface area contributed by atoms with E-state index >= 15 is 0 Å². The maximum absolute atomic E-state index is 13.3. The van der Waals surface area contributed by atoms with Gasteiger partial charge in [0.1, 0.15) is 6.07 Å². The average molecular weight is 218 g/mol. The first-order chi connectivity index (χ1) is 7.63. The highest BCUT2D eigenvalue weighted by atomic mass is 19.1. The van der Waals surface area contributed by atoms with Crippen LogP contribution in [0, 0.1) is 17.1 Å². The number of carbonyl (C=O) groups excluding carboxylic acids is 1. The molecule has 5 heteroatoms. The van der Waals surface area contributed by atoms with Crippen molar-refractivity contribution in [2.75, 3.05) is 0 Å². The summed E-state index contributed by atoms with van der Waals surface area (Å²) in [5.41, 5.74) is -0.452. The molecule has 1 fully saturated rings. The number of phenols is 1. The lowest BCUT2D eigenvalue weighted by atomic mass is 10.0. The fourth-order valence-corrected chi connectivity index (χ4v) is 1.62. The minimum absolute atomic E-state index is 0.151. The minimum Gasteiger partial charge on any atom is -0.504 e. The van der Waals surface area contributed by atoms with E-state index < -0.39 is 17.1 Å². The van der Waals surface area contributed by atoms with Crippen molar-refractivity contribution in [1.29, 1.82) is 5.26 Å². The fraction of sp³-hybridized carbons (Fsp3) is 0.273. The van der Waals surface area contributed by atoms with Crippen LogP contribution in [0.4, 0.5) is 4.39 Å². The zero-order chi connectivity index (χ0) is 11.8. The molecule has 1 N–H and O–H groups in total. The van der Waals surface area contributed by atoms with Crippen LogP contribution >= 0.6 is 0 Å². The molecule has 80 valence electrons. The molecular formula is C11H7FN2O2. The Labute approximate surface area is 90.7 Å². The van der Waals surface area contributed by atoms with Gasteiger partial charge in [-0.1, -0.05) is 0 Å². The van der Waals surface area contributed by atoms with E-state index in [0.29, 0.717) is 18.4 Å². The largest absolute Gasteiger partial charge is 0.504 e. The molecule has 0 radical (unpaired) electrons. The third kappa shape index (κ3) is 1.46. The van der Waals surface area contributed by atoms with E-state index in [2.05, 4.69) is 4.99 Å². The number of isocyanates is 1. The third-order valence-corrected chi connectivity index (χ3v) is 2.70. The number of phenolic OH excluding ortho intramolecular Hbond substituents is 1. The molecule has 0 amide bonds. The van der Waals surface area contributed by atoms with E-state index in [-0.39, 0.29) is 5.56 Å². The second kappa shape index (κ2) is 3.44. The first-order valence-electron chi connectivity index (χ1n) is 4.65. The predicted octanol–water partition coefficient (Wildman–Crippen LogP) is 1.73. The van der Waals surface area contributed by atoms with E-state index in [1.165, 1.54) is 12.1 Å². The van der Waals surface area contributed by atoms with Crippen LogP contribution in [0.3, 0.4) is 0 Å². The van der Waals surface area contributed by atoms with Crippen molar-refractivity contribution < 1.29 is 14.3 Å². The molecule has 2 rings (SSSR count). The van der Waals surface area contributed by atoms with Gasteiger partial charge in [-0.2, -0.15) is 10.3 Å². The Morgan fingerprint density at radius 2 is 2.19 bits per heavy atom. The summed E-state index contributed by atoms with van der Waals surface area (Å²) in [6.07, 6.45) is 2.69. The van der Waals surface area contributed by atoms with E-state index in [0.717, 1.165) is 6.07 Å². The second-order valence-corrected chi connectivity index (χ2v) is 3.70. The summed E-state index contributed by atoms with van der Waals surface area (Å²) in [5, 5.41) is 17.9. The van der Waals surface area contributed by atoms with Crippen molar-refractivity contribution in [1.82, 2.24) is 0 Å². The summed E-state index contributed by atoms with van der Waals surface area (Å²) in [4.78, 5) is 13.9.